The summed E-state index contributed by atoms with van der Waals surface area (Å²) in [5.41, 5.74) is 0.00963. The van der Waals surface area contributed by atoms with Gasteiger partial charge in [-0.1, -0.05) is 24.3 Å². The molecule has 6 rings (SSSR count). The Bertz CT molecular complexity index is 776. The number of carbonyl (C=O) groups excluding carboxylic acids is 1. The molecule has 4 saturated carbocycles. The molecular formula is C22H27F3N2O. The molecule has 5 aliphatic rings. The molecule has 0 aromatic heterocycles. The van der Waals surface area contributed by atoms with Crippen LogP contribution in [0.2, 0.25) is 0 Å². The van der Waals surface area contributed by atoms with Crippen LogP contribution >= 0.6 is 0 Å². The van der Waals surface area contributed by atoms with Crippen LogP contribution in [0.1, 0.15) is 55.7 Å². The molecule has 3 atom stereocenters. The highest BCUT2D eigenvalue weighted by atomic mass is 19.4. The van der Waals surface area contributed by atoms with E-state index in [1.807, 2.05) is 12.1 Å². The minimum absolute atomic E-state index is 0.0168. The maximum atomic E-state index is 13.9. The largest absolute Gasteiger partial charge is 0.394 e. The van der Waals surface area contributed by atoms with E-state index < -0.39 is 17.0 Å². The number of benzene rings is 1. The van der Waals surface area contributed by atoms with Gasteiger partial charge in [0.1, 0.15) is 0 Å². The summed E-state index contributed by atoms with van der Waals surface area (Å²) < 4.78 is 41.8. The fraction of sp³-hybridized carbons (Fsp3) is 0.682. The zero-order valence-electron chi connectivity index (χ0n) is 15.9. The van der Waals surface area contributed by atoms with Gasteiger partial charge in [-0.25, -0.2) is 0 Å². The number of amides is 1. The van der Waals surface area contributed by atoms with Gasteiger partial charge in [0.25, 0.3) is 0 Å². The smallest absolute Gasteiger partial charge is 0.354 e. The van der Waals surface area contributed by atoms with Crippen molar-refractivity contribution in [2.45, 2.75) is 57.2 Å². The molecule has 1 aromatic carbocycles. The van der Waals surface area contributed by atoms with E-state index in [1.165, 1.54) is 11.1 Å². The molecule has 1 aliphatic heterocycles. The number of alkyl halides is 3. The molecule has 28 heavy (non-hydrogen) atoms. The van der Waals surface area contributed by atoms with Crippen molar-refractivity contribution in [2.24, 2.45) is 22.7 Å². The predicted molar refractivity (Wildman–Crippen MR) is 99.5 cm³/mol. The summed E-state index contributed by atoms with van der Waals surface area (Å²) >= 11 is 0. The molecule has 152 valence electrons. The normalized spacial score (nSPS) is 38.9. The Morgan fingerprint density at radius 2 is 1.86 bits per heavy atom. The van der Waals surface area contributed by atoms with Gasteiger partial charge in [0, 0.05) is 12.6 Å². The third-order valence-corrected chi connectivity index (χ3v) is 7.83. The lowest BCUT2D eigenvalue weighted by Gasteiger charge is -2.61. The first-order valence-corrected chi connectivity index (χ1v) is 10.5. The number of carbonyl (C=O) groups is 1. The lowest BCUT2D eigenvalue weighted by molar-refractivity contribution is -0.283. The number of halogens is 3. The van der Waals surface area contributed by atoms with Gasteiger partial charge in [-0.05, 0) is 74.5 Å². The highest BCUT2D eigenvalue weighted by molar-refractivity contribution is 5.83. The van der Waals surface area contributed by atoms with Crippen molar-refractivity contribution in [3.05, 3.63) is 35.4 Å². The summed E-state index contributed by atoms with van der Waals surface area (Å²) in [4.78, 5) is 13.2. The van der Waals surface area contributed by atoms with Gasteiger partial charge in [-0.15, -0.1) is 0 Å². The molecule has 0 saturated heterocycles. The van der Waals surface area contributed by atoms with Crippen LogP contribution in [0.25, 0.3) is 0 Å². The minimum atomic E-state index is -4.21. The van der Waals surface area contributed by atoms with E-state index >= 15 is 0 Å². The highest BCUT2D eigenvalue weighted by Gasteiger charge is 2.68. The zero-order valence-corrected chi connectivity index (χ0v) is 15.9. The summed E-state index contributed by atoms with van der Waals surface area (Å²) in [6, 6.07) is 8.22. The number of fused-ring (bicyclic) bond motifs is 1. The Hall–Kier alpha value is -1.56. The minimum Gasteiger partial charge on any atom is -0.354 e. The van der Waals surface area contributed by atoms with Gasteiger partial charge >= 0.3 is 6.18 Å². The summed E-state index contributed by atoms with van der Waals surface area (Å²) in [5, 5.41) is 6.49. The second kappa shape index (κ2) is 6.22. The quantitative estimate of drug-likeness (QED) is 0.812. The van der Waals surface area contributed by atoms with Crippen LogP contribution in [-0.2, 0) is 11.2 Å². The van der Waals surface area contributed by atoms with Crippen molar-refractivity contribution in [1.82, 2.24) is 10.6 Å². The first-order valence-electron chi connectivity index (χ1n) is 10.5. The molecule has 4 aliphatic carbocycles. The molecule has 0 spiro atoms. The maximum absolute atomic E-state index is 13.9. The fourth-order valence-corrected chi connectivity index (χ4v) is 7.02. The van der Waals surface area contributed by atoms with Gasteiger partial charge in [0.2, 0.25) is 5.91 Å². The van der Waals surface area contributed by atoms with Crippen LogP contribution in [0.5, 0.6) is 0 Å². The molecule has 6 heteroatoms. The van der Waals surface area contributed by atoms with Crippen molar-refractivity contribution in [2.75, 3.05) is 13.1 Å². The Balaban J connectivity index is 1.34. The van der Waals surface area contributed by atoms with Crippen LogP contribution in [0.3, 0.4) is 0 Å². The summed E-state index contributed by atoms with van der Waals surface area (Å²) in [7, 11) is 0. The molecule has 4 fully saturated rings. The molecule has 1 heterocycles. The predicted octanol–water partition coefficient (Wildman–Crippen LogP) is 4.14. The molecule has 2 N–H and O–H groups in total. The third kappa shape index (κ3) is 2.78. The fourth-order valence-electron chi connectivity index (χ4n) is 7.02. The lowest BCUT2D eigenvalue weighted by atomic mass is 9.43. The Morgan fingerprint density at radius 3 is 2.57 bits per heavy atom. The molecule has 3 unspecified atom stereocenters. The lowest BCUT2D eigenvalue weighted by Crippen LogP contribution is -2.61. The van der Waals surface area contributed by atoms with Crippen molar-refractivity contribution in [1.29, 1.82) is 0 Å². The number of nitrogens with one attached hydrogen (secondary N) is 2. The molecule has 3 nitrogen and oxygen atoms in total. The van der Waals surface area contributed by atoms with E-state index in [0.29, 0.717) is 19.4 Å². The topological polar surface area (TPSA) is 41.1 Å². The molecule has 1 aromatic rings. The van der Waals surface area contributed by atoms with Crippen LogP contribution in [0, 0.1) is 22.7 Å². The molecule has 0 radical (unpaired) electrons. The number of hydrogen-bond acceptors (Lipinski definition) is 2. The summed E-state index contributed by atoms with van der Waals surface area (Å²) in [5.74, 6) is -0.0654. The van der Waals surface area contributed by atoms with Gasteiger partial charge in [0.15, 0.2) is 0 Å². The summed E-state index contributed by atoms with van der Waals surface area (Å²) in [6.07, 6.45) is -0.702. The van der Waals surface area contributed by atoms with Crippen molar-refractivity contribution >= 4 is 5.91 Å². The van der Waals surface area contributed by atoms with E-state index in [2.05, 4.69) is 22.8 Å². The van der Waals surface area contributed by atoms with E-state index in [4.69, 9.17) is 0 Å². The monoisotopic (exact) mass is 392 g/mol. The molecular weight excluding hydrogens is 365 g/mol. The number of rotatable bonds is 3. The van der Waals surface area contributed by atoms with Gasteiger partial charge < -0.3 is 10.6 Å². The first kappa shape index (κ1) is 18.5. The first-order chi connectivity index (χ1) is 13.3. The molecule has 4 bridgehead atoms. The van der Waals surface area contributed by atoms with Crippen LogP contribution in [0.4, 0.5) is 13.2 Å². The van der Waals surface area contributed by atoms with Crippen molar-refractivity contribution in [3.63, 3.8) is 0 Å². The van der Waals surface area contributed by atoms with E-state index in [9.17, 15) is 18.0 Å². The van der Waals surface area contributed by atoms with Crippen molar-refractivity contribution < 1.29 is 18.0 Å². The SMILES string of the molecule is O=C(NCC1NCCc2ccccc21)C12CC3CC(C1)CC(C(F)(F)F)(C3)C2. The number of hydrogen-bond donors (Lipinski definition) is 2. The van der Waals surface area contributed by atoms with Crippen molar-refractivity contribution in [3.8, 4) is 0 Å². The average Bonchev–Trinajstić information content (AvgIpc) is 2.64. The standard InChI is InChI=1S/C22H27F3N2O/c23-22(24,25)21-10-14-7-15(11-21)9-20(8-14,13-21)19(28)27-12-18-17-4-2-1-3-16(17)5-6-26-18/h1-4,14-15,18,26H,5-13H2,(H,27,28). The van der Waals surface area contributed by atoms with E-state index in [1.54, 1.807) is 0 Å². The van der Waals surface area contributed by atoms with E-state index in [-0.39, 0.29) is 43.0 Å². The Kier molecular flexibility index (Phi) is 4.10. The highest BCUT2D eigenvalue weighted by Crippen LogP contribution is 2.69. The van der Waals surface area contributed by atoms with Gasteiger partial charge in [0.05, 0.1) is 10.8 Å². The van der Waals surface area contributed by atoms with Crippen LogP contribution < -0.4 is 10.6 Å². The molecule has 1 amide bonds. The zero-order chi connectivity index (χ0) is 19.6. The van der Waals surface area contributed by atoms with E-state index in [0.717, 1.165) is 19.4 Å². The van der Waals surface area contributed by atoms with Gasteiger partial charge in [-0.2, -0.15) is 13.2 Å². The average molecular weight is 392 g/mol. The summed E-state index contributed by atoms with van der Waals surface area (Å²) in [6.45, 7) is 1.29. The Labute approximate surface area is 163 Å². The second-order valence-corrected chi connectivity index (χ2v) is 9.68. The Morgan fingerprint density at radius 1 is 1.14 bits per heavy atom. The van der Waals surface area contributed by atoms with Crippen LogP contribution in [-0.4, -0.2) is 25.2 Å². The maximum Gasteiger partial charge on any atom is 0.394 e. The third-order valence-electron chi connectivity index (χ3n) is 7.83. The van der Waals surface area contributed by atoms with Crippen LogP contribution in [0.15, 0.2) is 24.3 Å². The van der Waals surface area contributed by atoms with Gasteiger partial charge in [-0.3, -0.25) is 4.79 Å². The second-order valence-electron chi connectivity index (χ2n) is 9.68.